The van der Waals surface area contributed by atoms with Crippen LogP contribution in [0.2, 0.25) is 0 Å². The van der Waals surface area contributed by atoms with Crippen LogP contribution in [0.3, 0.4) is 0 Å². The number of aryl methyl sites for hydroxylation is 1. The predicted octanol–water partition coefficient (Wildman–Crippen LogP) is 1.19. The van der Waals surface area contributed by atoms with Crippen molar-refractivity contribution in [2.45, 2.75) is 37.6 Å². The second kappa shape index (κ2) is 5.58. The molecule has 0 amide bonds. The lowest BCUT2D eigenvalue weighted by atomic mass is 10.0. The molecule has 0 spiro atoms. The molecule has 3 N–H and O–H groups in total. The van der Waals surface area contributed by atoms with Gasteiger partial charge in [0.15, 0.2) is 0 Å². The molecule has 1 aromatic rings. The van der Waals surface area contributed by atoms with Gasteiger partial charge in [-0.2, -0.15) is 0 Å². The van der Waals surface area contributed by atoms with Gasteiger partial charge in [-0.3, -0.25) is 0 Å². The molecule has 0 saturated carbocycles. The lowest BCUT2D eigenvalue weighted by Gasteiger charge is -2.26. The maximum absolute atomic E-state index is 12.3. The number of carboxylic acid groups (broad SMARTS) is 1. The Hall–Kier alpha value is -0.960. The third-order valence-electron chi connectivity index (χ3n) is 2.89. The molecule has 1 aromatic heterocycles. The summed E-state index contributed by atoms with van der Waals surface area (Å²) in [5.41, 5.74) is -0.630. The van der Waals surface area contributed by atoms with Crippen molar-refractivity contribution >= 4 is 27.3 Å². The molecule has 0 radical (unpaired) electrons. The lowest BCUT2D eigenvalue weighted by Crippen LogP contribution is -2.48. The van der Waals surface area contributed by atoms with Gasteiger partial charge in [0.05, 0.1) is 12.1 Å². The molecule has 0 fully saturated rings. The maximum Gasteiger partial charge on any atom is 0.347 e. The maximum atomic E-state index is 12.3. The Labute approximate surface area is 116 Å². The Morgan fingerprint density at radius 3 is 2.53 bits per heavy atom. The molecule has 0 bridgehead atoms. The van der Waals surface area contributed by atoms with Gasteiger partial charge in [0.1, 0.15) is 9.77 Å². The van der Waals surface area contributed by atoms with Gasteiger partial charge < -0.3 is 10.2 Å². The normalized spacial score (nSPS) is 15.2. The molecule has 108 valence electrons. The van der Waals surface area contributed by atoms with Crippen LogP contribution in [0.25, 0.3) is 0 Å². The van der Waals surface area contributed by atoms with E-state index < -0.39 is 21.5 Å². The molecule has 0 aliphatic heterocycles. The van der Waals surface area contributed by atoms with Crippen LogP contribution in [-0.2, 0) is 10.0 Å². The van der Waals surface area contributed by atoms with Crippen LogP contribution in [-0.4, -0.2) is 36.7 Å². The zero-order chi connectivity index (χ0) is 14.8. The lowest BCUT2D eigenvalue weighted by molar-refractivity contribution is 0.0698. The van der Waals surface area contributed by atoms with E-state index in [0.717, 1.165) is 11.3 Å². The zero-order valence-electron chi connectivity index (χ0n) is 10.9. The van der Waals surface area contributed by atoms with Crippen LogP contribution in [0.5, 0.6) is 0 Å². The second-order valence-corrected chi connectivity index (χ2v) is 7.06. The number of sulfonamides is 1. The fourth-order valence-corrected chi connectivity index (χ4v) is 4.61. The van der Waals surface area contributed by atoms with Gasteiger partial charge in [0, 0.05) is 0 Å². The Kier molecular flexibility index (Phi) is 4.72. The molecule has 1 unspecified atom stereocenters. The number of carboxylic acids is 1. The highest BCUT2D eigenvalue weighted by Gasteiger charge is 2.33. The summed E-state index contributed by atoms with van der Waals surface area (Å²) in [5.74, 6) is -1.28. The van der Waals surface area contributed by atoms with E-state index in [2.05, 4.69) is 4.72 Å². The first kappa shape index (κ1) is 16.1. The number of thiophene rings is 1. The first-order chi connectivity index (χ1) is 8.67. The number of aliphatic hydroxyl groups excluding tert-OH is 1. The SMILES string of the molecule is CCC(C)(CO)NS(=O)(=O)c1c(C)csc1C(=O)O. The Morgan fingerprint density at radius 1 is 1.53 bits per heavy atom. The van der Waals surface area contributed by atoms with Gasteiger partial charge in [-0.1, -0.05) is 6.92 Å². The van der Waals surface area contributed by atoms with E-state index in [-0.39, 0.29) is 16.4 Å². The molecule has 0 aliphatic carbocycles. The number of rotatable bonds is 6. The number of carbonyl (C=O) groups is 1. The van der Waals surface area contributed by atoms with E-state index in [1.165, 1.54) is 5.38 Å². The zero-order valence-corrected chi connectivity index (χ0v) is 12.6. The molecule has 1 heterocycles. The molecule has 1 rings (SSSR count). The summed E-state index contributed by atoms with van der Waals surface area (Å²) in [6.07, 6.45) is 0.383. The van der Waals surface area contributed by atoms with Crippen molar-refractivity contribution in [1.82, 2.24) is 4.72 Å². The highest BCUT2D eigenvalue weighted by Crippen LogP contribution is 2.28. The van der Waals surface area contributed by atoms with Crippen LogP contribution in [0.1, 0.15) is 35.5 Å². The van der Waals surface area contributed by atoms with Crippen molar-refractivity contribution < 1.29 is 23.4 Å². The van der Waals surface area contributed by atoms with Crippen molar-refractivity contribution in [3.05, 3.63) is 15.8 Å². The Bertz CT molecular complexity index is 572. The molecule has 6 nitrogen and oxygen atoms in total. The van der Waals surface area contributed by atoms with Crippen LogP contribution in [0, 0.1) is 6.92 Å². The van der Waals surface area contributed by atoms with Gasteiger partial charge in [0.25, 0.3) is 0 Å². The predicted molar refractivity (Wildman–Crippen MR) is 72.1 cm³/mol. The average Bonchev–Trinajstić information content (AvgIpc) is 2.71. The van der Waals surface area contributed by atoms with Crippen molar-refractivity contribution in [3.8, 4) is 0 Å². The van der Waals surface area contributed by atoms with Gasteiger partial charge in [-0.15, -0.1) is 11.3 Å². The summed E-state index contributed by atoms with van der Waals surface area (Å²) in [5, 5.41) is 19.8. The number of hydrogen-bond donors (Lipinski definition) is 3. The van der Waals surface area contributed by atoms with E-state index >= 15 is 0 Å². The molecule has 0 aliphatic rings. The van der Waals surface area contributed by atoms with Gasteiger partial charge in [-0.25, -0.2) is 17.9 Å². The van der Waals surface area contributed by atoms with Gasteiger partial charge >= 0.3 is 5.97 Å². The van der Waals surface area contributed by atoms with Crippen molar-refractivity contribution in [1.29, 1.82) is 0 Å². The third kappa shape index (κ3) is 3.33. The number of aliphatic hydroxyl groups is 1. The van der Waals surface area contributed by atoms with E-state index in [1.54, 1.807) is 20.8 Å². The first-order valence-electron chi connectivity index (χ1n) is 5.63. The topological polar surface area (TPSA) is 104 Å². The van der Waals surface area contributed by atoms with E-state index in [4.69, 9.17) is 5.11 Å². The minimum Gasteiger partial charge on any atom is -0.477 e. The molecule has 19 heavy (non-hydrogen) atoms. The van der Waals surface area contributed by atoms with Gasteiger partial charge in [0.2, 0.25) is 10.0 Å². The number of hydrogen-bond acceptors (Lipinski definition) is 5. The minimum absolute atomic E-state index is 0.221. The van der Waals surface area contributed by atoms with E-state index in [0.29, 0.717) is 12.0 Å². The third-order valence-corrected chi connectivity index (χ3v) is 5.93. The smallest absolute Gasteiger partial charge is 0.347 e. The summed E-state index contributed by atoms with van der Waals surface area (Å²) >= 11 is 0.871. The number of nitrogens with one attached hydrogen (secondary N) is 1. The van der Waals surface area contributed by atoms with Crippen LogP contribution in [0.15, 0.2) is 10.3 Å². The summed E-state index contributed by atoms with van der Waals surface area (Å²) in [6, 6.07) is 0. The molecule has 8 heteroatoms. The fraction of sp³-hybridized carbons (Fsp3) is 0.545. The minimum atomic E-state index is -3.99. The highest BCUT2D eigenvalue weighted by atomic mass is 32.2. The summed E-state index contributed by atoms with van der Waals surface area (Å²) < 4.78 is 27.0. The van der Waals surface area contributed by atoms with Gasteiger partial charge in [-0.05, 0) is 31.2 Å². The second-order valence-electron chi connectivity index (χ2n) is 4.56. The van der Waals surface area contributed by atoms with Crippen LogP contribution in [0.4, 0.5) is 0 Å². The van der Waals surface area contributed by atoms with Crippen molar-refractivity contribution in [3.63, 3.8) is 0 Å². The average molecular weight is 307 g/mol. The Morgan fingerprint density at radius 2 is 2.11 bits per heavy atom. The van der Waals surface area contributed by atoms with Crippen LogP contribution < -0.4 is 4.72 Å². The standard InChI is InChI=1S/C11H17NO5S2/c1-4-11(3,6-13)12-19(16,17)9-7(2)5-18-8(9)10(14)15/h5,12-13H,4,6H2,1-3H3,(H,14,15). The molecule has 1 atom stereocenters. The monoisotopic (exact) mass is 307 g/mol. The summed E-state index contributed by atoms with van der Waals surface area (Å²) in [7, 11) is -3.99. The molecular weight excluding hydrogens is 290 g/mol. The van der Waals surface area contributed by atoms with Crippen LogP contribution >= 0.6 is 11.3 Å². The fourth-order valence-electron chi connectivity index (χ4n) is 1.51. The first-order valence-corrected chi connectivity index (χ1v) is 7.99. The quantitative estimate of drug-likeness (QED) is 0.732. The highest BCUT2D eigenvalue weighted by molar-refractivity contribution is 7.89. The van der Waals surface area contributed by atoms with E-state index in [9.17, 15) is 18.3 Å². The molecule has 0 saturated heterocycles. The van der Waals surface area contributed by atoms with Crippen molar-refractivity contribution in [2.24, 2.45) is 0 Å². The molecular formula is C11H17NO5S2. The number of aromatic carboxylic acids is 1. The Balaban J connectivity index is 3.29. The largest absolute Gasteiger partial charge is 0.477 e. The molecule has 0 aromatic carbocycles. The van der Waals surface area contributed by atoms with E-state index in [1.807, 2.05) is 0 Å². The summed E-state index contributed by atoms with van der Waals surface area (Å²) in [4.78, 5) is 10.6. The summed E-state index contributed by atoms with van der Waals surface area (Å²) in [6.45, 7) is 4.47. The van der Waals surface area contributed by atoms with Crippen molar-refractivity contribution in [2.75, 3.05) is 6.61 Å².